The molecule has 1 heterocycles. The maximum absolute atomic E-state index is 13.7. The highest BCUT2D eigenvalue weighted by atomic mass is 35.5. The summed E-state index contributed by atoms with van der Waals surface area (Å²) in [6.45, 7) is 0. The van der Waals surface area contributed by atoms with Crippen molar-refractivity contribution in [3.63, 3.8) is 0 Å². The van der Waals surface area contributed by atoms with Gasteiger partial charge < -0.3 is 10.2 Å². The van der Waals surface area contributed by atoms with Crippen LogP contribution < -0.4 is 5.32 Å². The Morgan fingerprint density at radius 1 is 1.18 bits per heavy atom. The van der Waals surface area contributed by atoms with E-state index in [2.05, 4.69) is 10.3 Å². The molecule has 152 valence electrons. The third-order valence-electron chi connectivity index (χ3n) is 4.99. The second kappa shape index (κ2) is 7.94. The van der Waals surface area contributed by atoms with Crippen molar-refractivity contribution in [2.45, 2.75) is 49.7 Å². The van der Waals surface area contributed by atoms with E-state index in [0.29, 0.717) is 24.5 Å². The van der Waals surface area contributed by atoms with Crippen LogP contribution in [0, 0.1) is 5.82 Å². The molecule has 1 saturated carbocycles. The lowest BCUT2D eigenvalue weighted by molar-refractivity contribution is -0.137. The van der Waals surface area contributed by atoms with Gasteiger partial charge in [-0.3, -0.25) is 10.3 Å². The molecule has 0 bridgehead atoms. The Morgan fingerprint density at radius 3 is 2.46 bits per heavy atom. The first-order valence-corrected chi connectivity index (χ1v) is 9.13. The molecule has 9 heteroatoms. The minimum Gasteiger partial charge on any atom is -0.388 e. The lowest BCUT2D eigenvalue weighted by Gasteiger charge is -2.35. The molecule has 3 N–H and O–H groups in total. The summed E-state index contributed by atoms with van der Waals surface area (Å²) in [5.41, 5.74) is -2.46. The summed E-state index contributed by atoms with van der Waals surface area (Å²) >= 11 is 5.83. The number of nitrogens with zero attached hydrogens (tertiary/aromatic N) is 1. The zero-order valence-corrected chi connectivity index (χ0v) is 15.4. The monoisotopic (exact) mass is 418 g/mol. The van der Waals surface area contributed by atoms with E-state index in [9.17, 15) is 27.8 Å². The average Bonchev–Trinajstić information content (AvgIpc) is 3.06. The fourth-order valence-electron chi connectivity index (χ4n) is 3.63. The lowest BCUT2D eigenvalue weighted by Crippen LogP contribution is -2.43. The number of aliphatic hydroxyl groups is 2. The summed E-state index contributed by atoms with van der Waals surface area (Å²) in [5.74, 6) is -0.532. The van der Waals surface area contributed by atoms with E-state index >= 15 is 0 Å². The Labute approximate surface area is 164 Å². The Balaban J connectivity index is 1.95. The first kappa shape index (κ1) is 21.0. The van der Waals surface area contributed by atoms with Gasteiger partial charge in [0.2, 0.25) is 0 Å². The molecule has 1 aliphatic rings. The summed E-state index contributed by atoms with van der Waals surface area (Å²) in [4.78, 5) is 3.77. The molecular weight excluding hydrogens is 400 g/mol. The van der Waals surface area contributed by atoms with Gasteiger partial charge in [-0.15, -0.1) is 0 Å². The number of alkyl halides is 3. The van der Waals surface area contributed by atoms with Gasteiger partial charge in [0.15, 0.2) is 0 Å². The van der Waals surface area contributed by atoms with E-state index in [-0.39, 0.29) is 0 Å². The number of aliphatic hydroxyl groups excluding tert-OH is 1. The fourth-order valence-corrected chi connectivity index (χ4v) is 3.95. The highest BCUT2D eigenvalue weighted by Crippen LogP contribution is 2.42. The maximum Gasteiger partial charge on any atom is 0.417 e. The lowest BCUT2D eigenvalue weighted by atomic mass is 9.86. The molecule has 1 aliphatic carbocycles. The first-order chi connectivity index (χ1) is 13.1. The van der Waals surface area contributed by atoms with Crippen molar-refractivity contribution < 1.29 is 27.8 Å². The van der Waals surface area contributed by atoms with Crippen molar-refractivity contribution in [1.82, 2.24) is 10.3 Å². The third-order valence-corrected chi connectivity index (χ3v) is 5.39. The van der Waals surface area contributed by atoms with Gasteiger partial charge in [0, 0.05) is 6.20 Å². The van der Waals surface area contributed by atoms with E-state index in [0.717, 1.165) is 19.0 Å². The van der Waals surface area contributed by atoms with Crippen LogP contribution in [0.2, 0.25) is 5.02 Å². The molecule has 0 aliphatic heterocycles. The van der Waals surface area contributed by atoms with E-state index in [4.69, 9.17) is 11.6 Å². The molecule has 0 spiro atoms. The molecule has 2 atom stereocenters. The van der Waals surface area contributed by atoms with Crippen LogP contribution in [0.15, 0.2) is 36.5 Å². The fraction of sp³-hybridized carbons (Fsp3) is 0.421. The van der Waals surface area contributed by atoms with E-state index < -0.39 is 46.1 Å². The number of benzene rings is 1. The van der Waals surface area contributed by atoms with Crippen LogP contribution in [0.5, 0.6) is 0 Å². The van der Waals surface area contributed by atoms with Crippen molar-refractivity contribution in [2.24, 2.45) is 0 Å². The molecule has 4 nitrogen and oxygen atoms in total. The van der Waals surface area contributed by atoms with E-state index in [1.165, 1.54) is 18.2 Å². The number of aromatic nitrogens is 1. The second-order valence-corrected chi connectivity index (χ2v) is 7.30. The Hall–Kier alpha value is -1.74. The van der Waals surface area contributed by atoms with E-state index in [1.54, 1.807) is 6.07 Å². The molecular formula is C19H19ClF4N2O2. The van der Waals surface area contributed by atoms with Gasteiger partial charge in [0.1, 0.15) is 17.7 Å². The summed E-state index contributed by atoms with van der Waals surface area (Å²) in [6.07, 6.45) is -3.23. The second-order valence-electron chi connectivity index (χ2n) is 6.92. The quantitative estimate of drug-likeness (QED) is 0.493. The minimum absolute atomic E-state index is 0.367. The van der Waals surface area contributed by atoms with Crippen LogP contribution in [-0.2, 0) is 6.18 Å². The number of hydrogen-bond acceptors (Lipinski definition) is 4. The molecule has 1 aromatic heterocycles. The number of pyridine rings is 1. The van der Waals surface area contributed by atoms with Crippen LogP contribution in [0.1, 0.15) is 54.8 Å². The molecule has 3 rings (SSSR count). The maximum atomic E-state index is 13.7. The van der Waals surface area contributed by atoms with Gasteiger partial charge in [0.25, 0.3) is 0 Å². The summed E-state index contributed by atoms with van der Waals surface area (Å²) in [7, 11) is 0. The standard InChI is InChI=1S/C19H19ClF4N2O2/c20-14-13(19(22,23)24)6-9-25-15(14)17(27)26-16(18(28)7-1-2-8-18)11-4-3-5-12(21)10-11/h3-6,9-10,16-17,26-28H,1-2,7-8H2. The molecule has 1 fully saturated rings. The smallest absolute Gasteiger partial charge is 0.388 e. The molecule has 1 aromatic carbocycles. The zero-order chi connectivity index (χ0) is 20.5. The Bertz CT molecular complexity index is 841. The molecule has 2 aromatic rings. The highest BCUT2D eigenvalue weighted by Gasteiger charge is 2.42. The van der Waals surface area contributed by atoms with Gasteiger partial charge in [-0.25, -0.2) is 4.39 Å². The molecule has 2 unspecified atom stereocenters. The van der Waals surface area contributed by atoms with Crippen molar-refractivity contribution in [3.05, 3.63) is 64.2 Å². The molecule has 28 heavy (non-hydrogen) atoms. The molecule has 0 amide bonds. The SMILES string of the molecule is OC(NC(c1cccc(F)c1)C1(O)CCCC1)c1nccc(C(F)(F)F)c1Cl. The van der Waals surface area contributed by atoms with Gasteiger partial charge in [-0.2, -0.15) is 13.2 Å². The van der Waals surface area contributed by atoms with Crippen molar-refractivity contribution >= 4 is 11.6 Å². The first-order valence-electron chi connectivity index (χ1n) is 8.75. The predicted octanol–water partition coefficient (Wildman–Crippen LogP) is 4.52. The normalized spacial score (nSPS) is 18.8. The van der Waals surface area contributed by atoms with Gasteiger partial charge >= 0.3 is 6.18 Å². The topological polar surface area (TPSA) is 65.4 Å². The zero-order valence-electron chi connectivity index (χ0n) is 14.7. The van der Waals surface area contributed by atoms with E-state index in [1.807, 2.05) is 0 Å². The van der Waals surface area contributed by atoms with Crippen molar-refractivity contribution in [2.75, 3.05) is 0 Å². The van der Waals surface area contributed by atoms with Crippen LogP contribution in [0.3, 0.4) is 0 Å². The van der Waals surface area contributed by atoms with Gasteiger partial charge in [-0.05, 0) is 36.6 Å². The number of nitrogens with one attached hydrogen (secondary N) is 1. The largest absolute Gasteiger partial charge is 0.417 e. The Kier molecular flexibility index (Phi) is 5.95. The van der Waals surface area contributed by atoms with Crippen LogP contribution >= 0.6 is 11.6 Å². The Morgan fingerprint density at radius 2 is 1.86 bits per heavy atom. The highest BCUT2D eigenvalue weighted by molar-refractivity contribution is 6.32. The number of rotatable bonds is 5. The van der Waals surface area contributed by atoms with Gasteiger partial charge in [0.05, 0.1) is 22.2 Å². The average molecular weight is 419 g/mol. The van der Waals surface area contributed by atoms with Crippen LogP contribution in [-0.4, -0.2) is 20.8 Å². The summed E-state index contributed by atoms with van der Waals surface area (Å²) in [6, 6.07) is 5.27. The van der Waals surface area contributed by atoms with Crippen molar-refractivity contribution in [1.29, 1.82) is 0 Å². The molecule has 0 saturated heterocycles. The third kappa shape index (κ3) is 4.30. The summed E-state index contributed by atoms with van der Waals surface area (Å²) in [5, 5.41) is 23.5. The number of hydrogen-bond donors (Lipinski definition) is 3. The molecule has 0 radical (unpaired) electrons. The summed E-state index contributed by atoms with van der Waals surface area (Å²) < 4.78 is 52.9. The van der Waals surface area contributed by atoms with Crippen LogP contribution in [0.25, 0.3) is 0 Å². The minimum atomic E-state index is -4.71. The van der Waals surface area contributed by atoms with Crippen LogP contribution in [0.4, 0.5) is 17.6 Å². The van der Waals surface area contributed by atoms with Gasteiger partial charge in [-0.1, -0.05) is 36.6 Å². The predicted molar refractivity (Wildman–Crippen MR) is 94.9 cm³/mol. The number of halogens is 5. The van der Waals surface area contributed by atoms with Crippen molar-refractivity contribution in [3.8, 4) is 0 Å².